The van der Waals surface area contributed by atoms with Gasteiger partial charge in [0.1, 0.15) is 0 Å². The molecule has 1 atom stereocenters. The number of rotatable bonds is 0. The minimum atomic E-state index is -0.494. The van der Waals surface area contributed by atoms with E-state index in [0.29, 0.717) is 0 Å². The lowest BCUT2D eigenvalue weighted by molar-refractivity contribution is 0.647. The Balaban J connectivity index is 2.15. The van der Waals surface area contributed by atoms with Crippen molar-refractivity contribution in [1.29, 1.82) is 0 Å². The second-order valence-corrected chi connectivity index (χ2v) is 8.58. The molecule has 0 bridgehead atoms. The van der Waals surface area contributed by atoms with E-state index in [2.05, 4.69) is 68.4 Å². The highest BCUT2D eigenvalue weighted by molar-refractivity contribution is 7.68. The maximum atomic E-state index is 4.83. The highest BCUT2D eigenvalue weighted by Gasteiger charge is 2.35. The molecule has 0 amide bonds. The monoisotopic (exact) mass is 301 g/mol. The van der Waals surface area contributed by atoms with Crippen LogP contribution in [0.4, 0.5) is 0 Å². The molecule has 0 saturated heterocycles. The summed E-state index contributed by atoms with van der Waals surface area (Å²) < 4.78 is 0. The van der Waals surface area contributed by atoms with Gasteiger partial charge in [0.2, 0.25) is 0 Å². The van der Waals surface area contributed by atoms with Crippen LogP contribution in [0.25, 0.3) is 26.4 Å². The van der Waals surface area contributed by atoms with Crippen molar-refractivity contribution in [1.82, 2.24) is 4.98 Å². The first kappa shape index (κ1) is 12.4. The molecule has 1 nitrogen and oxygen atoms in total. The quantitative estimate of drug-likeness (QED) is 0.388. The standard InChI is InChI=1S/C20H16NP/c1-20(2)15-9-5-8-14-13-7-3-4-11-17(13)22(18(14)15)19-16(20)10-6-12-21-19/h3-12H,1-2H3. The molecule has 0 fully saturated rings. The minimum Gasteiger partial charge on any atom is -0.252 e. The molecule has 3 heterocycles. The van der Waals surface area contributed by atoms with Crippen LogP contribution in [-0.2, 0) is 5.41 Å². The van der Waals surface area contributed by atoms with Crippen molar-refractivity contribution in [2.75, 3.05) is 0 Å². The number of aromatic nitrogens is 1. The Morgan fingerprint density at radius 1 is 0.818 bits per heavy atom. The summed E-state index contributed by atoms with van der Waals surface area (Å²) >= 11 is 0. The van der Waals surface area contributed by atoms with Crippen LogP contribution in [-0.4, -0.2) is 4.98 Å². The maximum Gasteiger partial charge on any atom is 0.0907 e. The lowest BCUT2D eigenvalue weighted by Gasteiger charge is -2.33. The Kier molecular flexibility index (Phi) is 2.26. The summed E-state index contributed by atoms with van der Waals surface area (Å²) in [4.78, 5) is 4.83. The summed E-state index contributed by atoms with van der Waals surface area (Å²) in [6, 6.07) is 20.0. The Labute approximate surface area is 130 Å². The molecule has 1 aliphatic rings. The molecular weight excluding hydrogens is 285 g/mol. The first-order valence-corrected chi connectivity index (χ1v) is 9.02. The number of hydrogen-bond donors (Lipinski definition) is 0. The highest BCUT2D eigenvalue weighted by atomic mass is 31.1. The minimum absolute atomic E-state index is 0.0236. The van der Waals surface area contributed by atoms with Gasteiger partial charge in [0.15, 0.2) is 0 Å². The summed E-state index contributed by atoms with van der Waals surface area (Å²) in [5.41, 5.74) is 4.19. The van der Waals surface area contributed by atoms with Crippen LogP contribution in [0.1, 0.15) is 25.0 Å². The third kappa shape index (κ3) is 1.33. The number of pyridine rings is 1. The molecule has 22 heavy (non-hydrogen) atoms. The molecule has 5 rings (SSSR count). The molecule has 0 N–H and O–H groups in total. The fraction of sp³-hybridized carbons (Fsp3) is 0.150. The van der Waals surface area contributed by atoms with Gasteiger partial charge < -0.3 is 0 Å². The molecule has 106 valence electrons. The normalized spacial score (nSPS) is 16.0. The second-order valence-electron chi connectivity index (χ2n) is 6.55. The van der Waals surface area contributed by atoms with E-state index >= 15 is 0 Å². The van der Waals surface area contributed by atoms with Crippen molar-refractivity contribution in [2.45, 2.75) is 19.3 Å². The van der Waals surface area contributed by atoms with Gasteiger partial charge in [0.25, 0.3) is 0 Å². The smallest absolute Gasteiger partial charge is 0.0907 e. The van der Waals surface area contributed by atoms with Gasteiger partial charge in [0.05, 0.1) is 5.44 Å². The lowest BCUT2D eigenvalue weighted by atomic mass is 9.78. The highest BCUT2D eigenvalue weighted by Crippen LogP contribution is 2.62. The zero-order chi connectivity index (χ0) is 14.9. The van der Waals surface area contributed by atoms with Gasteiger partial charge in [-0.3, -0.25) is 4.98 Å². The molecule has 0 saturated carbocycles. The maximum absolute atomic E-state index is 4.83. The van der Waals surface area contributed by atoms with Gasteiger partial charge in [-0.1, -0.05) is 63.8 Å². The van der Waals surface area contributed by atoms with Crippen LogP contribution in [0.5, 0.6) is 0 Å². The van der Waals surface area contributed by atoms with Crippen molar-refractivity contribution in [2.24, 2.45) is 0 Å². The van der Waals surface area contributed by atoms with E-state index < -0.39 is 7.53 Å². The third-order valence-corrected chi connectivity index (χ3v) is 7.62. The molecule has 0 aliphatic carbocycles. The Morgan fingerprint density at radius 3 is 2.50 bits per heavy atom. The summed E-state index contributed by atoms with van der Waals surface area (Å²) in [5, 5.41) is 5.83. The number of nitrogens with zero attached hydrogens (tertiary/aromatic N) is 1. The van der Waals surface area contributed by atoms with Crippen molar-refractivity contribution in [3.05, 3.63) is 71.9 Å². The zero-order valence-electron chi connectivity index (χ0n) is 12.7. The molecule has 2 aromatic heterocycles. The van der Waals surface area contributed by atoms with Crippen LogP contribution in [0.2, 0.25) is 0 Å². The third-order valence-electron chi connectivity index (χ3n) is 5.04. The predicted molar refractivity (Wildman–Crippen MR) is 95.4 cm³/mol. The van der Waals surface area contributed by atoms with Crippen molar-refractivity contribution < 1.29 is 0 Å². The molecule has 1 aliphatic heterocycles. The number of benzene rings is 2. The molecule has 0 radical (unpaired) electrons. The molecule has 2 heteroatoms. The van der Waals surface area contributed by atoms with Gasteiger partial charge in [-0.05, 0) is 34.0 Å². The zero-order valence-corrected chi connectivity index (χ0v) is 13.6. The summed E-state index contributed by atoms with van der Waals surface area (Å²) in [6.45, 7) is 4.66. The van der Waals surface area contributed by atoms with Crippen LogP contribution in [0, 0.1) is 0 Å². The topological polar surface area (TPSA) is 12.9 Å². The average Bonchev–Trinajstić information content (AvgIpc) is 2.88. The lowest BCUT2D eigenvalue weighted by Crippen LogP contribution is -2.22. The van der Waals surface area contributed by atoms with Crippen molar-refractivity contribution in [3.8, 4) is 5.44 Å². The second kappa shape index (κ2) is 4.00. The largest absolute Gasteiger partial charge is 0.252 e. The van der Waals surface area contributed by atoms with Gasteiger partial charge in [0, 0.05) is 21.8 Å². The van der Waals surface area contributed by atoms with Gasteiger partial charge >= 0.3 is 0 Å². The first-order chi connectivity index (χ1) is 10.7. The summed E-state index contributed by atoms with van der Waals surface area (Å²) in [5.74, 6) is 0. The van der Waals surface area contributed by atoms with Crippen LogP contribution >= 0.6 is 7.53 Å². The van der Waals surface area contributed by atoms with Gasteiger partial charge in [-0.2, -0.15) is 0 Å². The van der Waals surface area contributed by atoms with E-state index in [0.717, 1.165) is 0 Å². The Bertz CT molecular complexity index is 1060. The van der Waals surface area contributed by atoms with Gasteiger partial charge in [-0.25, -0.2) is 0 Å². The molecule has 1 unspecified atom stereocenters. The average molecular weight is 301 g/mol. The molecule has 4 aromatic rings. The van der Waals surface area contributed by atoms with E-state index in [-0.39, 0.29) is 5.41 Å². The molecular formula is C20H16NP. The molecule has 2 aromatic carbocycles. The SMILES string of the molecule is CC1(C)c2cccnc2-p2c3ccccc3c3cccc1c32. The fourth-order valence-corrected chi connectivity index (χ4v) is 7.11. The number of fused-ring (bicyclic) bond motifs is 5. The Morgan fingerprint density at radius 2 is 1.59 bits per heavy atom. The van der Waals surface area contributed by atoms with Crippen LogP contribution in [0.15, 0.2) is 60.8 Å². The van der Waals surface area contributed by atoms with E-state index in [4.69, 9.17) is 4.98 Å². The molecule has 0 spiro atoms. The fourth-order valence-electron chi connectivity index (χ4n) is 3.95. The van der Waals surface area contributed by atoms with E-state index in [1.54, 1.807) is 0 Å². The predicted octanol–water partition coefficient (Wildman–Crippen LogP) is 6.00. The summed E-state index contributed by atoms with van der Waals surface area (Å²) in [7, 11) is -0.494. The van der Waals surface area contributed by atoms with Crippen LogP contribution < -0.4 is 0 Å². The van der Waals surface area contributed by atoms with Crippen molar-refractivity contribution in [3.63, 3.8) is 0 Å². The first-order valence-electron chi connectivity index (χ1n) is 7.68. The summed E-state index contributed by atoms with van der Waals surface area (Å²) in [6.07, 6.45) is 1.95. The van der Waals surface area contributed by atoms with E-state index in [1.807, 2.05) is 6.20 Å². The van der Waals surface area contributed by atoms with E-state index in [1.165, 1.54) is 37.6 Å². The Hall–Kier alpha value is -2.11. The van der Waals surface area contributed by atoms with Gasteiger partial charge in [-0.15, -0.1) is 0 Å². The van der Waals surface area contributed by atoms with Crippen LogP contribution in [0.3, 0.4) is 0 Å². The van der Waals surface area contributed by atoms with E-state index in [9.17, 15) is 0 Å². The number of hydrogen-bond acceptors (Lipinski definition) is 1. The van der Waals surface area contributed by atoms with Crippen molar-refractivity contribution >= 4 is 28.5 Å².